The summed E-state index contributed by atoms with van der Waals surface area (Å²) in [6, 6.07) is 6.32. The molecule has 1 aromatic carbocycles. The first-order chi connectivity index (χ1) is 8.43. The summed E-state index contributed by atoms with van der Waals surface area (Å²) in [5.74, 6) is -0.402. The second-order valence-electron chi connectivity index (χ2n) is 5.28. The number of carbonyl (C=O) groups is 1. The van der Waals surface area contributed by atoms with E-state index < -0.39 is 5.54 Å². The highest BCUT2D eigenvalue weighted by molar-refractivity contribution is 5.98. The number of halogens is 1. The lowest BCUT2D eigenvalue weighted by Gasteiger charge is -2.51. The predicted octanol–water partition coefficient (Wildman–Crippen LogP) is 2.64. The number of likely N-dealkylation sites (tertiary alicyclic amines) is 1. The molecule has 1 amide bonds. The van der Waals surface area contributed by atoms with E-state index in [4.69, 9.17) is 0 Å². The van der Waals surface area contributed by atoms with Crippen molar-refractivity contribution in [3.8, 4) is 0 Å². The Hall–Kier alpha value is -1.42. The summed E-state index contributed by atoms with van der Waals surface area (Å²) in [7, 11) is 0. The van der Waals surface area contributed by atoms with Gasteiger partial charge in [-0.05, 0) is 45.4 Å². The molecular formula is C14H19FN2O. The van der Waals surface area contributed by atoms with E-state index in [1.165, 1.54) is 12.1 Å². The van der Waals surface area contributed by atoms with Crippen molar-refractivity contribution in [2.75, 3.05) is 11.9 Å². The number of hydrogen-bond acceptors (Lipinski definition) is 2. The fourth-order valence-electron chi connectivity index (χ4n) is 2.48. The van der Waals surface area contributed by atoms with Gasteiger partial charge in [0.2, 0.25) is 5.91 Å². The molecule has 1 saturated heterocycles. The van der Waals surface area contributed by atoms with Crippen molar-refractivity contribution in [1.29, 1.82) is 0 Å². The van der Waals surface area contributed by atoms with Crippen LogP contribution in [0.2, 0.25) is 0 Å². The molecule has 1 heterocycles. The van der Waals surface area contributed by atoms with Gasteiger partial charge in [0.25, 0.3) is 0 Å². The third kappa shape index (κ3) is 2.25. The molecule has 1 atom stereocenters. The number of hydrogen-bond donors (Lipinski definition) is 1. The highest BCUT2D eigenvalue weighted by Gasteiger charge is 2.47. The van der Waals surface area contributed by atoms with Crippen molar-refractivity contribution >= 4 is 11.6 Å². The quantitative estimate of drug-likeness (QED) is 0.894. The maximum atomic E-state index is 13.1. The molecule has 0 spiro atoms. The molecule has 1 fully saturated rings. The van der Waals surface area contributed by atoms with Crippen LogP contribution >= 0.6 is 0 Å². The number of carbonyl (C=O) groups excluding carboxylic acids is 1. The van der Waals surface area contributed by atoms with E-state index in [2.05, 4.69) is 24.1 Å². The van der Waals surface area contributed by atoms with Crippen LogP contribution < -0.4 is 5.32 Å². The van der Waals surface area contributed by atoms with E-state index >= 15 is 0 Å². The third-order valence-electron chi connectivity index (χ3n) is 3.67. The van der Waals surface area contributed by atoms with Crippen LogP contribution in [-0.2, 0) is 4.79 Å². The predicted molar refractivity (Wildman–Crippen MR) is 69.9 cm³/mol. The van der Waals surface area contributed by atoms with Gasteiger partial charge in [0.1, 0.15) is 5.82 Å². The van der Waals surface area contributed by atoms with Crippen LogP contribution in [-0.4, -0.2) is 28.9 Å². The number of anilines is 1. The maximum absolute atomic E-state index is 13.1. The van der Waals surface area contributed by atoms with Crippen LogP contribution in [0.15, 0.2) is 24.3 Å². The second-order valence-corrected chi connectivity index (χ2v) is 5.28. The molecular weight excluding hydrogens is 231 g/mol. The van der Waals surface area contributed by atoms with E-state index in [0.29, 0.717) is 11.7 Å². The summed E-state index contributed by atoms with van der Waals surface area (Å²) in [6.45, 7) is 7.02. The van der Waals surface area contributed by atoms with Gasteiger partial charge < -0.3 is 5.32 Å². The van der Waals surface area contributed by atoms with Crippen LogP contribution in [0.4, 0.5) is 10.1 Å². The molecule has 18 heavy (non-hydrogen) atoms. The lowest BCUT2D eigenvalue weighted by atomic mass is 9.84. The molecule has 4 heteroatoms. The van der Waals surface area contributed by atoms with Crippen LogP contribution in [0.3, 0.4) is 0 Å². The van der Waals surface area contributed by atoms with E-state index in [-0.39, 0.29) is 11.7 Å². The molecule has 3 nitrogen and oxygen atoms in total. The Bertz CT molecular complexity index is 461. The van der Waals surface area contributed by atoms with Gasteiger partial charge in [0, 0.05) is 18.3 Å². The molecule has 0 radical (unpaired) electrons. The summed E-state index contributed by atoms with van der Waals surface area (Å²) in [5.41, 5.74) is 0.0392. The van der Waals surface area contributed by atoms with Gasteiger partial charge in [-0.3, -0.25) is 9.69 Å². The van der Waals surface area contributed by atoms with Crippen LogP contribution in [0.1, 0.15) is 27.2 Å². The van der Waals surface area contributed by atoms with E-state index in [1.54, 1.807) is 12.1 Å². The molecule has 1 unspecified atom stereocenters. The molecule has 2 rings (SSSR count). The highest BCUT2D eigenvalue weighted by atomic mass is 19.1. The summed E-state index contributed by atoms with van der Waals surface area (Å²) >= 11 is 0. The number of nitrogens with zero attached hydrogens (tertiary/aromatic N) is 1. The van der Waals surface area contributed by atoms with Gasteiger partial charge in [0.05, 0.1) is 5.54 Å². The maximum Gasteiger partial charge on any atom is 0.244 e. The van der Waals surface area contributed by atoms with Crippen LogP contribution in [0.5, 0.6) is 0 Å². The first-order valence-electron chi connectivity index (χ1n) is 6.27. The SMILES string of the molecule is CC(C)N1CCC1(C)C(=O)Nc1cccc(F)c1. The average molecular weight is 250 g/mol. The molecule has 98 valence electrons. The van der Waals surface area contributed by atoms with Gasteiger partial charge in [-0.1, -0.05) is 6.07 Å². The zero-order chi connectivity index (χ0) is 13.3. The summed E-state index contributed by atoms with van der Waals surface area (Å²) in [5, 5.41) is 2.79. The fourth-order valence-corrected chi connectivity index (χ4v) is 2.48. The molecule has 0 aliphatic carbocycles. The Balaban J connectivity index is 2.09. The summed E-state index contributed by atoms with van der Waals surface area (Å²) in [4.78, 5) is 14.4. The van der Waals surface area contributed by atoms with Gasteiger partial charge in [-0.2, -0.15) is 0 Å². The lowest BCUT2D eigenvalue weighted by molar-refractivity contribution is -0.138. The van der Waals surface area contributed by atoms with Crippen molar-refractivity contribution < 1.29 is 9.18 Å². The van der Waals surface area contributed by atoms with Gasteiger partial charge in [-0.15, -0.1) is 0 Å². The molecule has 1 aliphatic rings. The van der Waals surface area contributed by atoms with Gasteiger partial charge in [0.15, 0.2) is 0 Å². The molecule has 1 aromatic rings. The smallest absolute Gasteiger partial charge is 0.244 e. The lowest BCUT2D eigenvalue weighted by Crippen LogP contribution is -2.66. The normalized spacial score (nSPS) is 23.8. The van der Waals surface area contributed by atoms with Gasteiger partial charge >= 0.3 is 0 Å². The minimum Gasteiger partial charge on any atom is -0.324 e. The Morgan fingerprint density at radius 2 is 2.22 bits per heavy atom. The Morgan fingerprint density at radius 1 is 1.50 bits per heavy atom. The standard InChI is InChI=1S/C14H19FN2O/c1-10(2)17-8-7-14(17,3)13(18)16-12-6-4-5-11(15)9-12/h4-6,9-10H,7-8H2,1-3H3,(H,16,18). The first-order valence-corrected chi connectivity index (χ1v) is 6.27. The van der Waals surface area contributed by atoms with Crippen LogP contribution in [0, 0.1) is 5.82 Å². The Kier molecular flexibility index (Phi) is 3.39. The molecule has 0 aromatic heterocycles. The molecule has 0 saturated carbocycles. The fraction of sp³-hybridized carbons (Fsp3) is 0.500. The summed E-state index contributed by atoms with van der Waals surface area (Å²) in [6.07, 6.45) is 0.840. The molecule has 0 bridgehead atoms. The number of nitrogens with one attached hydrogen (secondary N) is 1. The van der Waals surface area contributed by atoms with E-state index in [0.717, 1.165) is 13.0 Å². The number of amides is 1. The van der Waals surface area contributed by atoms with Crippen LogP contribution in [0.25, 0.3) is 0 Å². The first kappa shape index (κ1) is 13.0. The summed E-state index contributed by atoms with van der Waals surface area (Å²) < 4.78 is 13.1. The van der Waals surface area contributed by atoms with Crippen molar-refractivity contribution in [3.63, 3.8) is 0 Å². The minimum absolute atomic E-state index is 0.0620. The zero-order valence-electron chi connectivity index (χ0n) is 11.0. The average Bonchev–Trinajstić information content (AvgIpc) is 2.25. The zero-order valence-corrected chi connectivity index (χ0v) is 11.0. The number of benzene rings is 1. The van der Waals surface area contributed by atoms with E-state index in [9.17, 15) is 9.18 Å². The molecule has 1 aliphatic heterocycles. The second kappa shape index (κ2) is 4.69. The van der Waals surface area contributed by atoms with Crippen molar-refractivity contribution in [1.82, 2.24) is 4.90 Å². The monoisotopic (exact) mass is 250 g/mol. The van der Waals surface area contributed by atoms with Crippen molar-refractivity contribution in [2.45, 2.75) is 38.8 Å². The minimum atomic E-state index is -0.472. The van der Waals surface area contributed by atoms with Crippen molar-refractivity contribution in [3.05, 3.63) is 30.1 Å². The van der Waals surface area contributed by atoms with Gasteiger partial charge in [-0.25, -0.2) is 4.39 Å². The van der Waals surface area contributed by atoms with E-state index in [1.807, 2.05) is 6.92 Å². The highest BCUT2D eigenvalue weighted by Crippen LogP contribution is 2.33. The Labute approximate surface area is 107 Å². The largest absolute Gasteiger partial charge is 0.324 e. The molecule has 1 N–H and O–H groups in total. The topological polar surface area (TPSA) is 32.3 Å². The third-order valence-corrected chi connectivity index (χ3v) is 3.67. The Morgan fingerprint density at radius 3 is 2.72 bits per heavy atom. The van der Waals surface area contributed by atoms with Crippen molar-refractivity contribution in [2.24, 2.45) is 0 Å². The number of rotatable bonds is 3.